The van der Waals surface area contributed by atoms with E-state index in [1.54, 1.807) is 12.1 Å². The Morgan fingerprint density at radius 1 is 1.24 bits per heavy atom. The summed E-state index contributed by atoms with van der Waals surface area (Å²) >= 11 is 11.8. The molecular formula is C15H15Cl2N3O4S. The predicted octanol–water partition coefficient (Wildman–Crippen LogP) is 2.10. The van der Waals surface area contributed by atoms with Crippen LogP contribution in [0.5, 0.6) is 0 Å². The number of hydrogen-bond acceptors (Lipinski definition) is 5. The fourth-order valence-electron chi connectivity index (χ4n) is 2.77. The number of nitrogens with one attached hydrogen (secondary N) is 1. The van der Waals surface area contributed by atoms with E-state index in [4.69, 9.17) is 23.2 Å². The minimum atomic E-state index is -3.15. The molecule has 1 atom stereocenters. The van der Waals surface area contributed by atoms with Crippen LogP contribution in [0.1, 0.15) is 19.3 Å². The standard InChI is InChI=1S/C15H15Cl2N3O4S/c16-11-2-1-9(7-12(11)17)18-15(22)13-3-4-14(21)20(19-13)10-5-6-25(23,24)8-10/h1-2,7,10H,3-6,8H2,(H,18,22)/t10-/m1/s1. The lowest BCUT2D eigenvalue weighted by atomic mass is 10.1. The molecule has 2 amide bonds. The molecule has 0 spiro atoms. The third-order valence-corrected chi connectivity index (χ3v) is 6.54. The second-order valence-corrected chi connectivity index (χ2v) is 8.97. The molecule has 1 fully saturated rings. The second-order valence-electron chi connectivity index (χ2n) is 5.92. The van der Waals surface area contributed by atoms with Crippen LogP contribution in [0.4, 0.5) is 5.69 Å². The number of halogens is 2. The summed E-state index contributed by atoms with van der Waals surface area (Å²) in [6.07, 6.45) is 0.644. The Labute approximate surface area is 154 Å². The maximum atomic E-state index is 12.4. The van der Waals surface area contributed by atoms with Crippen LogP contribution < -0.4 is 5.32 Å². The Morgan fingerprint density at radius 2 is 2.00 bits per heavy atom. The van der Waals surface area contributed by atoms with E-state index in [1.807, 2.05) is 0 Å². The van der Waals surface area contributed by atoms with E-state index in [0.717, 1.165) is 5.01 Å². The summed E-state index contributed by atoms with van der Waals surface area (Å²) in [7, 11) is -3.15. The summed E-state index contributed by atoms with van der Waals surface area (Å²) in [6, 6.07) is 4.16. The lowest BCUT2D eigenvalue weighted by Gasteiger charge is -2.27. The van der Waals surface area contributed by atoms with Gasteiger partial charge >= 0.3 is 0 Å². The van der Waals surface area contributed by atoms with E-state index in [0.29, 0.717) is 22.2 Å². The highest BCUT2D eigenvalue weighted by Crippen LogP contribution is 2.26. The van der Waals surface area contributed by atoms with Gasteiger partial charge in [0.25, 0.3) is 5.91 Å². The fourth-order valence-corrected chi connectivity index (χ4v) is 4.76. The third kappa shape index (κ3) is 4.13. The Bertz CT molecular complexity index is 870. The maximum absolute atomic E-state index is 12.4. The highest BCUT2D eigenvalue weighted by molar-refractivity contribution is 7.91. The van der Waals surface area contributed by atoms with Gasteiger partial charge in [-0.1, -0.05) is 23.2 Å². The first-order valence-corrected chi connectivity index (χ1v) is 10.2. The summed E-state index contributed by atoms with van der Waals surface area (Å²) in [5.74, 6) is -0.823. The van der Waals surface area contributed by atoms with Crippen molar-refractivity contribution in [3.8, 4) is 0 Å². The van der Waals surface area contributed by atoms with Gasteiger partial charge in [0.1, 0.15) is 5.71 Å². The van der Waals surface area contributed by atoms with Crippen molar-refractivity contribution in [1.82, 2.24) is 5.01 Å². The zero-order chi connectivity index (χ0) is 18.2. The molecule has 25 heavy (non-hydrogen) atoms. The van der Waals surface area contributed by atoms with Gasteiger partial charge in [0, 0.05) is 18.5 Å². The molecule has 1 aromatic rings. The number of sulfone groups is 1. The van der Waals surface area contributed by atoms with Crippen LogP contribution in [0.25, 0.3) is 0 Å². The van der Waals surface area contributed by atoms with E-state index in [9.17, 15) is 18.0 Å². The van der Waals surface area contributed by atoms with Crippen molar-refractivity contribution in [3.05, 3.63) is 28.2 Å². The van der Waals surface area contributed by atoms with E-state index in [-0.39, 0.29) is 36.0 Å². The lowest BCUT2D eigenvalue weighted by Crippen LogP contribution is -2.42. The molecule has 2 aliphatic heterocycles. The number of rotatable bonds is 3. The summed E-state index contributed by atoms with van der Waals surface area (Å²) in [4.78, 5) is 24.4. The molecule has 10 heteroatoms. The molecule has 0 unspecified atom stereocenters. The summed E-state index contributed by atoms with van der Waals surface area (Å²) < 4.78 is 23.2. The highest BCUT2D eigenvalue weighted by Gasteiger charge is 2.37. The van der Waals surface area contributed by atoms with E-state index in [1.165, 1.54) is 6.07 Å². The van der Waals surface area contributed by atoms with Gasteiger partial charge in [0.2, 0.25) is 5.91 Å². The van der Waals surface area contributed by atoms with Gasteiger partial charge in [0.05, 0.1) is 27.6 Å². The number of hydrazone groups is 1. The number of benzene rings is 1. The average molecular weight is 404 g/mol. The number of carbonyl (C=O) groups excluding carboxylic acids is 2. The molecule has 2 aliphatic rings. The Balaban J connectivity index is 1.76. The first-order valence-electron chi connectivity index (χ1n) is 7.61. The van der Waals surface area contributed by atoms with Crippen LogP contribution in [0.2, 0.25) is 10.0 Å². The number of carbonyl (C=O) groups is 2. The number of amides is 2. The molecule has 1 aromatic carbocycles. The quantitative estimate of drug-likeness (QED) is 0.835. The molecule has 3 rings (SSSR count). The van der Waals surface area contributed by atoms with Gasteiger partial charge in [-0.05, 0) is 24.6 Å². The molecule has 0 aliphatic carbocycles. The smallest absolute Gasteiger partial charge is 0.271 e. The van der Waals surface area contributed by atoms with Crippen molar-refractivity contribution in [1.29, 1.82) is 0 Å². The first kappa shape index (κ1) is 18.2. The van der Waals surface area contributed by atoms with Crippen molar-refractivity contribution in [2.45, 2.75) is 25.3 Å². The number of nitrogens with zero attached hydrogens (tertiary/aromatic N) is 2. The molecular weight excluding hydrogens is 389 g/mol. The van der Waals surface area contributed by atoms with Gasteiger partial charge in [0.15, 0.2) is 9.84 Å². The number of hydrogen-bond donors (Lipinski definition) is 1. The van der Waals surface area contributed by atoms with Gasteiger partial charge in [-0.25, -0.2) is 13.4 Å². The van der Waals surface area contributed by atoms with Crippen LogP contribution in [-0.4, -0.2) is 48.5 Å². The summed E-state index contributed by atoms with van der Waals surface area (Å²) in [6.45, 7) is 0. The Kier molecular flexibility index (Phi) is 5.04. The van der Waals surface area contributed by atoms with Crippen molar-refractivity contribution in [2.75, 3.05) is 16.8 Å². The molecule has 1 N–H and O–H groups in total. The highest BCUT2D eigenvalue weighted by atomic mass is 35.5. The van der Waals surface area contributed by atoms with Gasteiger partial charge in [-0.3, -0.25) is 9.59 Å². The molecule has 0 saturated carbocycles. The number of anilines is 1. The van der Waals surface area contributed by atoms with Crippen LogP contribution >= 0.6 is 23.2 Å². The fraction of sp³-hybridized carbons (Fsp3) is 0.400. The third-order valence-electron chi connectivity index (χ3n) is 4.05. The molecule has 1 saturated heterocycles. The summed E-state index contributed by atoms with van der Waals surface area (Å²) in [5, 5.41) is 8.59. The normalized spacial score (nSPS) is 22.6. The van der Waals surface area contributed by atoms with Crippen molar-refractivity contribution in [3.63, 3.8) is 0 Å². The molecule has 2 heterocycles. The van der Waals surface area contributed by atoms with Gasteiger partial charge in [-0.2, -0.15) is 5.10 Å². The van der Waals surface area contributed by atoms with Crippen molar-refractivity contribution >= 4 is 56.3 Å². The van der Waals surface area contributed by atoms with Crippen LogP contribution in [0.3, 0.4) is 0 Å². The van der Waals surface area contributed by atoms with E-state index >= 15 is 0 Å². The largest absolute Gasteiger partial charge is 0.321 e. The van der Waals surface area contributed by atoms with Crippen LogP contribution in [-0.2, 0) is 19.4 Å². The molecule has 134 valence electrons. The van der Waals surface area contributed by atoms with Crippen molar-refractivity contribution in [2.24, 2.45) is 5.10 Å². The molecule has 7 nitrogen and oxygen atoms in total. The minimum absolute atomic E-state index is 0.0295. The van der Waals surface area contributed by atoms with Crippen LogP contribution in [0.15, 0.2) is 23.3 Å². The molecule has 0 aromatic heterocycles. The second kappa shape index (κ2) is 6.93. The summed E-state index contributed by atoms with van der Waals surface area (Å²) in [5.41, 5.74) is 0.629. The average Bonchev–Trinajstić information content (AvgIpc) is 2.91. The first-order chi connectivity index (χ1) is 11.7. The van der Waals surface area contributed by atoms with Gasteiger partial charge in [-0.15, -0.1) is 0 Å². The van der Waals surface area contributed by atoms with Gasteiger partial charge < -0.3 is 5.32 Å². The topological polar surface area (TPSA) is 95.9 Å². The monoisotopic (exact) mass is 403 g/mol. The SMILES string of the molecule is O=C(Nc1ccc(Cl)c(Cl)c1)C1=NN([C@@H]2CCS(=O)(=O)C2)C(=O)CC1. The molecule has 0 radical (unpaired) electrons. The van der Waals surface area contributed by atoms with E-state index < -0.39 is 21.8 Å². The Morgan fingerprint density at radius 3 is 2.64 bits per heavy atom. The predicted molar refractivity (Wildman–Crippen MR) is 95.7 cm³/mol. The van der Waals surface area contributed by atoms with Crippen molar-refractivity contribution < 1.29 is 18.0 Å². The Hall–Kier alpha value is -1.64. The van der Waals surface area contributed by atoms with E-state index in [2.05, 4.69) is 10.4 Å². The zero-order valence-corrected chi connectivity index (χ0v) is 15.4. The zero-order valence-electron chi connectivity index (χ0n) is 13.0. The molecule has 0 bridgehead atoms. The maximum Gasteiger partial charge on any atom is 0.271 e. The lowest BCUT2D eigenvalue weighted by molar-refractivity contribution is -0.133. The van der Waals surface area contributed by atoms with Crippen LogP contribution in [0, 0.1) is 0 Å². The minimum Gasteiger partial charge on any atom is -0.321 e.